The van der Waals surface area contributed by atoms with Gasteiger partial charge in [0.15, 0.2) is 0 Å². The lowest BCUT2D eigenvalue weighted by Crippen LogP contribution is -2.12. The second-order valence-electron chi connectivity index (χ2n) is 5.22. The Labute approximate surface area is 143 Å². The average molecular weight is 340 g/mol. The molecule has 1 unspecified atom stereocenters. The summed E-state index contributed by atoms with van der Waals surface area (Å²) in [5, 5.41) is 10.3. The maximum absolute atomic E-state index is 11.4. The number of aromatic nitrogens is 1. The third-order valence-electron chi connectivity index (χ3n) is 3.75. The number of carbonyl (C=O) groups excluding carboxylic acids is 1. The molecule has 0 spiro atoms. The molecular formula is C18H16N2O3S. The smallest absolute Gasteiger partial charge is 0.252 e. The molecule has 122 valence electrons. The van der Waals surface area contributed by atoms with Crippen LogP contribution in [0.15, 0.2) is 54.7 Å². The zero-order valence-corrected chi connectivity index (χ0v) is 13.8. The van der Waals surface area contributed by atoms with Crippen molar-refractivity contribution >= 4 is 17.4 Å². The molecular weight excluding hydrogens is 324 g/mol. The number of nitrogens with two attached hydrogens (primary N) is 1. The lowest BCUT2D eigenvalue weighted by atomic mass is 9.99. The van der Waals surface area contributed by atoms with Crippen molar-refractivity contribution in [2.75, 3.05) is 7.11 Å². The van der Waals surface area contributed by atoms with Gasteiger partial charge in [0.1, 0.15) is 11.9 Å². The van der Waals surface area contributed by atoms with E-state index in [9.17, 15) is 9.90 Å². The van der Waals surface area contributed by atoms with E-state index in [4.69, 9.17) is 10.5 Å². The minimum absolute atomic E-state index is 0.346. The number of aliphatic hydroxyl groups is 1. The second-order valence-corrected chi connectivity index (χ2v) is 6.08. The van der Waals surface area contributed by atoms with Crippen LogP contribution in [0.4, 0.5) is 0 Å². The number of hydrogen-bond acceptors (Lipinski definition) is 5. The number of carbonyl (C=O) groups is 1. The standard InChI is InChI=1S/C18H16N2O3S/c1-23-15-10-13(6-7-14(15)18(19)22)11-2-4-12(5-3-11)17(21)16-8-9-20-24-16/h2-10,17,21H,1H3,(H2,19,22). The van der Waals surface area contributed by atoms with Gasteiger partial charge in [-0.25, -0.2) is 4.37 Å². The van der Waals surface area contributed by atoms with Gasteiger partial charge >= 0.3 is 0 Å². The van der Waals surface area contributed by atoms with E-state index in [-0.39, 0.29) is 0 Å². The monoisotopic (exact) mass is 340 g/mol. The highest BCUT2D eigenvalue weighted by atomic mass is 32.1. The number of amides is 1. The molecule has 3 aromatic rings. The first kappa shape index (κ1) is 16.2. The van der Waals surface area contributed by atoms with Crippen LogP contribution in [0.2, 0.25) is 0 Å². The van der Waals surface area contributed by atoms with Crippen molar-refractivity contribution in [1.29, 1.82) is 0 Å². The fourth-order valence-corrected chi connectivity index (χ4v) is 3.06. The Morgan fingerprint density at radius 3 is 2.46 bits per heavy atom. The molecule has 0 aliphatic carbocycles. The van der Waals surface area contributed by atoms with Crippen LogP contribution in [0.5, 0.6) is 5.75 Å². The van der Waals surface area contributed by atoms with Gasteiger partial charge in [0.25, 0.3) is 5.91 Å². The Balaban J connectivity index is 1.89. The molecule has 0 saturated heterocycles. The molecule has 0 aliphatic rings. The molecule has 3 N–H and O–H groups in total. The Bertz CT molecular complexity index is 845. The van der Waals surface area contributed by atoms with E-state index in [1.165, 1.54) is 18.6 Å². The first-order chi connectivity index (χ1) is 11.6. The molecule has 1 aromatic heterocycles. The van der Waals surface area contributed by atoms with Gasteiger partial charge in [0, 0.05) is 6.20 Å². The van der Waals surface area contributed by atoms with Gasteiger partial charge < -0.3 is 15.6 Å². The number of hydrogen-bond donors (Lipinski definition) is 2. The highest BCUT2D eigenvalue weighted by Crippen LogP contribution is 2.30. The molecule has 1 atom stereocenters. The molecule has 24 heavy (non-hydrogen) atoms. The second kappa shape index (κ2) is 6.82. The molecule has 6 heteroatoms. The maximum atomic E-state index is 11.4. The van der Waals surface area contributed by atoms with Crippen LogP contribution in [-0.4, -0.2) is 22.5 Å². The Hall–Kier alpha value is -2.70. The fraction of sp³-hybridized carbons (Fsp3) is 0.111. The van der Waals surface area contributed by atoms with Crippen LogP contribution >= 0.6 is 11.5 Å². The lowest BCUT2D eigenvalue weighted by Gasteiger charge is -2.11. The van der Waals surface area contributed by atoms with E-state index in [1.54, 1.807) is 24.4 Å². The molecule has 1 heterocycles. The normalized spacial score (nSPS) is 11.9. The van der Waals surface area contributed by atoms with E-state index in [1.807, 2.05) is 30.3 Å². The Morgan fingerprint density at radius 2 is 1.88 bits per heavy atom. The number of primary amides is 1. The summed E-state index contributed by atoms with van der Waals surface area (Å²) < 4.78 is 9.24. The topological polar surface area (TPSA) is 85.4 Å². The van der Waals surface area contributed by atoms with Crippen molar-refractivity contribution in [2.45, 2.75) is 6.10 Å². The third kappa shape index (κ3) is 3.15. The van der Waals surface area contributed by atoms with Gasteiger partial charge in [0.05, 0.1) is 17.6 Å². The van der Waals surface area contributed by atoms with Crippen LogP contribution in [0.3, 0.4) is 0 Å². The summed E-state index contributed by atoms with van der Waals surface area (Å²) >= 11 is 1.28. The summed E-state index contributed by atoms with van der Waals surface area (Å²) in [5.74, 6) is -0.0878. The van der Waals surface area contributed by atoms with E-state index in [0.717, 1.165) is 21.6 Å². The van der Waals surface area contributed by atoms with Crippen molar-refractivity contribution in [1.82, 2.24) is 4.37 Å². The number of aliphatic hydroxyl groups excluding tert-OH is 1. The molecule has 0 fully saturated rings. The molecule has 5 nitrogen and oxygen atoms in total. The van der Waals surface area contributed by atoms with Gasteiger partial charge in [-0.05, 0) is 46.4 Å². The minimum atomic E-state index is -0.682. The quantitative estimate of drug-likeness (QED) is 0.748. The summed E-state index contributed by atoms with van der Waals surface area (Å²) in [4.78, 5) is 12.2. The van der Waals surface area contributed by atoms with Crippen LogP contribution in [0, 0.1) is 0 Å². The van der Waals surface area contributed by atoms with E-state index in [2.05, 4.69) is 4.37 Å². The molecule has 2 aromatic carbocycles. The molecule has 0 aliphatic heterocycles. The fourth-order valence-electron chi connectivity index (χ4n) is 2.46. The first-order valence-electron chi connectivity index (χ1n) is 7.27. The van der Waals surface area contributed by atoms with Gasteiger partial charge in [-0.1, -0.05) is 30.3 Å². The van der Waals surface area contributed by atoms with E-state index >= 15 is 0 Å². The maximum Gasteiger partial charge on any atom is 0.252 e. The highest BCUT2D eigenvalue weighted by Gasteiger charge is 2.13. The largest absolute Gasteiger partial charge is 0.496 e. The Kier molecular flexibility index (Phi) is 4.59. The van der Waals surface area contributed by atoms with Gasteiger partial charge in [-0.3, -0.25) is 4.79 Å². The summed E-state index contributed by atoms with van der Waals surface area (Å²) in [6, 6.07) is 14.6. The summed E-state index contributed by atoms with van der Waals surface area (Å²) in [6.07, 6.45) is 0.989. The average Bonchev–Trinajstić information content (AvgIpc) is 3.15. The summed E-state index contributed by atoms with van der Waals surface area (Å²) in [7, 11) is 1.50. The number of methoxy groups -OCH3 is 1. The SMILES string of the molecule is COc1cc(-c2ccc(C(O)c3ccns3)cc2)ccc1C(N)=O. The van der Waals surface area contributed by atoms with Crippen molar-refractivity contribution in [2.24, 2.45) is 5.73 Å². The predicted octanol–water partition coefficient (Wildman–Crippen LogP) is 3.00. The molecule has 0 saturated carbocycles. The van der Waals surface area contributed by atoms with Gasteiger partial charge in [-0.2, -0.15) is 0 Å². The van der Waals surface area contributed by atoms with E-state index < -0.39 is 12.0 Å². The number of ether oxygens (including phenoxy) is 1. The number of rotatable bonds is 5. The molecule has 0 radical (unpaired) electrons. The number of benzene rings is 2. The zero-order chi connectivity index (χ0) is 17.1. The van der Waals surface area contributed by atoms with Crippen molar-refractivity contribution in [3.05, 3.63) is 70.7 Å². The van der Waals surface area contributed by atoms with Gasteiger partial charge in [0.2, 0.25) is 0 Å². The van der Waals surface area contributed by atoms with Crippen LogP contribution in [0.25, 0.3) is 11.1 Å². The highest BCUT2D eigenvalue weighted by molar-refractivity contribution is 7.05. The van der Waals surface area contributed by atoms with Crippen molar-refractivity contribution in [3.8, 4) is 16.9 Å². The third-order valence-corrected chi connectivity index (χ3v) is 4.55. The zero-order valence-electron chi connectivity index (χ0n) is 13.0. The number of nitrogens with zero attached hydrogens (tertiary/aromatic N) is 1. The molecule has 3 rings (SSSR count). The lowest BCUT2D eigenvalue weighted by molar-refractivity contribution is 0.0997. The summed E-state index contributed by atoms with van der Waals surface area (Å²) in [6.45, 7) is 0. The predicted molar refractivity (Wildman–Crippen MR) is 93.1 cm³/mol. The van der Waals surface area contributed by atoms with Crippen molar-refractivity contribution < 1.29 is 14.6 Å². The van der Waals surface area contributed by atoms with Crippen LogP contribution in [0.1, 0.15) is 26.9 Å². The Morgan fingerprint density at radius 1 is 1.17 bits per heavy atom. The first-order valence-corrected chi connectivity index (χ1v) is 8.04. The van der Waals surface area contributed by atoms with Gasteiger partial charge in [-0.15, -0.1) is 0 Å². The molecule has 1 amide bonds. The molecule has 0 bridgehead atoms. The van der Waals surface area contributed by atoms with Crippen LogP contribution < -0.4 is 10.5 Å². The minimum Gasteiger partial charge on any atom is -0.496 e. The van der Waals surface area contributed by atoms with E-state index in [0.29, 0.717) is 11.3 Å². The summed E-state index contributed by atoms with van der Waals surface area (Å²) in [5.41, 5.74) is 8.32. The van der Waals surface area contributed by atoms with Crippen molar-refractivity contribution in [3.63, 3.8) is 0 Å². The van der Waals surface area contributed by atoms with Crippen LogP contribution in [-0.2, 0) is 0 Å².